The molecule has 3 heteroatoms. The number of alkyl halides is 1. The summed E-state index contributed by atoms with van der Waals surface area (Å²) in [5.74, 6) is 0.435. The van der Waals surface area contributed by atoms with Gasteiger partial charge < -0.3 is 9.47 Å². The summed E-state index contributed by atoms with van der Waals surface area (Å²) in [7, 11) is 0. The lowest BCUT2D eigenvalue weighted by Crippen LogP contribution is -2.31. The number of halogens is 1. The van der Waals surface area contributed by atoms with Gasteiger partial charge in [-0.05, 0) is 13.3 Å². The summed E-state index contributed by atoms with van der Waals surface area (Å²) in [5, 5.41) is 0. The first-order chi connectivity index (χ1) is 4.33. The molecule has 0 saturated carbocycles. The van der Waals surface area contributed by atoms with Crippen molar-refractivity contribution in [3.8, 4) is 0 Å². The van der Waals surface area contributed by atoms with E-state index < -0.39 is 0 Å². The standard InChI is InChI=1S/C6H11ClO2/c1-5-2-3-8-6(4-7)9-5/h5-6H,2-4H2,1H3. The molecule has 0 bridgehead atoms. The first-order valence-corrected chi connectivity index (χ1v) is 3.69. The van der Waals surface area contributed by atoms with E-state index in [0.717, 1.165) is 13.0 Å². The Bertz CT molecular complexity index is 87.1. The van der Waals surface area contributed by atoms with Crippen molar-refractivity contribution in [1.82, 2.24) is 0 Å². The summed E-state index contributed by atoms with van der Waals surface area (Å²) in [6.45, 7) is 2.81. The number of rotatable bonds is 1. The summed E-state index contributed by atoms with van der Waals surface area (Å²) in [6, 6.07) is 0. The van der Waals surface area contributed by atoms with Crippen molar-refractivity contribution in [2.75, 3.05) is 12.5 Å². The van der Waals surface area contributed by atoms with E-state index in [1.54, 1.807) is 0 Å². The highest BCUT2D eigenvalue weighted by atomic mass is 35.5. The van der Waals surface area contributed by atoms with Crippen molar-refractivity contribution in [2.45, 2.75) is 25.7 Å². The maximum atomic E-state index is 5.50. The van der Waals surface area contributed by atoms with Gasteiger partial charge in [0.2, 0.25) is 0 Å². The number of ether oxygens (including phenoxy) is 2. The third kappa shape index (κ3) is 2.12. The van der Waals surface area contributed by atoms with Gasteiger partial charge in [-0.3, -0.25) is 0 Å². The highest BCUT2D eigenvalue weighted by molar-refractivity contribution is 6.18. The van der Waals surface area contributed by atoms with E-state index in [-0.39, 0.29) is 6.29 Å². The first kappa shape index (κ1) is 7.32. The lowest BCUT2D eigenvalue weighted by atomic mass is 10.3. The SMILES string of the molecule is CC1CCOC(CCl)O1. The maximum Gasteiger partial charge on any atom is 0.171 e. The minimum absolute atomic E-state index is 0.171. The van der Waals surface area contributed by atoms with E-state index in [1.165, 1.54) is 0 Å². The molecule has 0 aromatic rings. The molecule has 0 aliphatic carbocycles. The molecule has 9 heavy (non-hydrogen) atoms. The summed E-state index contributed by atoms with van der Waals surface area (Å²) >= 11 is 5.50. The van der Waals surface area contributed by atoms with Crippen LogP contribution < -0.4 is 0 Å². The summed E-state index contributed by atoms with van der Waals surface area (Å²) < 4.78 is 10.4. The molecule has 1 heterocycles. The van der Waals surface area contributed by atoms with Crippen molar-refractivity contribution in [3.05, 3.63) is 0 Å². The highest BCUT2D eigenvalue weighted by Crippen LogP contribution is 2.12. The topological polar surface area (TPSA) is 18.5 Å². The van der Waals surface area contributed by atoms with Crippen molar-refractivity contribution in [3.63, 3.8) is 0 Å². The largest absolute Gasteiger partial charge is 0.351 e. The van der Waals surface area contributed by atoms with E-state index in [0.29, 0.717) is 12.0 Å². The average molecular weight is 151 g/mol. The van der Waals surface area contributed by atoms with Crippen LogP contribution in [0.15, 0.2) is 0 Å². The Morgan fingerprint density at radius 1 is 1.67 bits per heavy atom. The zero-order valence-electron chi connectivity index (χ0n) is 5.47. The van der Waals surface area contributed by atoms with Crippen LogP contribution >= 0.6 is 11.6 Å². The second kappa shape index (κ2) is 3.40. The van der Waals surface area contributed by atoms with E-state index in [1.807, 2.05) is 6.92 Å². The molecule has 1 rings (SSSR count). The van der Waals surface area contributed by atoms with Crippen molar-refractivity contribution < 1.29 is 9.47 Å². The van der Waals surface area contributed by atoms with Crippen LogP contribution in [0.25, 0.3) is 0 Å². The van der Waals surface area contributed by atoms with Gasteiger partial charge in [-0.15, -0.1) is 11.6 Å². The molecule has 54 valence electrons. The minimum atomic E-state index is -0.171. The molecule has 1 saturated heterocycles. The van der Waals surface area contributed by atoms with Crippen molar-refractivity contribution in [2.24, 2.45) is 0 Å². The van der Waals surface area contributed by atoms with Crippen LogP contribution in [0.1, 0.15) is 13.3 Å². The van der Waals surface area contributed by atoms with Gasteiger partial charge in [0.05, 0.1) is 18.6 Å². The third-order valence-corrected chi connectivity index (χ3v) is 1.59. The molecule has 0 radical (unpaired) electrons. The molecule has 0 aromatic carbocycles. The molecule has 2 unspecified atom stereocenters. The summed E-state index contributed by atoms with van der Waals surface area (Å²) in [4.78, 5) is 0. The van der Waals surface area contributed by atoms with Crippen LogP contribution in [0.2, 0.25) is 0 Å². The lowest BCUT2D eigenvalue weighted by Gasteiger charge is -2.26. The van der Waals surface area contributed by atoms with E-state index in [9.17, 15) is 0 Å². The molecule has 0 N–H and O–H groups in total. The number of hydrogen-bond donors (Lipinski definition) is 0. The second-order valence-corrected chi connectivity index (χ2v) is 2.50. The molecule has 1 fully saturated rings. The van der Waals surface area contributed by atoms with Crippen LogP contribution in [0.3, 0.4) is 0 Å². The number of hydrogen-bond acceptors (Lipinski definition) is 2. The van der Waals surface area contributed by atoms with E-state index in [4.69, 9.17) is 21.1 Å². The quantitative estimate of drug-likeness (QED) is 0.526. The third-order valence-electron chi connectivity index (χ3n) is 1.34. The molecular weight excluding hydrogens is 140 g/mol. The lowest BCUT2D eigenvalue weighted by molar-refractivity contribution is -0.195. The normalized spacial score (nSPS) is 36.7. The predicted molar refractivity (Wildman–Crippen MR) is 35.6 cm³/mol. The van der Waals surface area contributed by atoms with Crippen LogP contribution in [0, 0.1) is 0 Å². The van der Waals surface area contributed by atoms with Gasteiger partial charge in [-0.2, -0.15) is 0 Å². The summed E-state index contributed by atoms with van der Waals surface area (Å²) in [5.41, 5.74) is 0. The Kier molecular flexibility index (Phi) is 2.76. The van der Waals surface area contributed by atoms with Gasteiger partial charge in [-0.1, -0.05) is 0 Å². The van der Waals surface area contributed by atoms with Gasteiger partial charge in [0.25, 0.3) is 0 Å². The van der Waals surface area contributed by atoms with Gasteiger partial charge in [0, 0.05) is 0 Å². The van der Waals surface area contributed by atoms with Gasteiger partial charge >= 0.3 is 0 Å². The average Bonchev–Trinajstić information content (AvgIpc) is 1.88. The Morgan fingerprint density at radius 2 is 2.44 bits per heavy atom. The van der Waals surface area contributed by atoms with E-state index >= 15 is 0 Å². The second-order valence-electron chi connectivity index (χ2n) is 2.19. The fourth-order valence-electron chi connectivity index (χ4n) is 0.813. The molecule has 0 spiro atoms. The van der Waals surface area contributed by atoms with Crippen LogP contribution in [-0.4, -0.2) is 24.9 Å². The fourth-order valence-corrected chi connectivity index (χ4v) is 0.975. The van der Waals surface area contributed by atoms with Gasteiger partial charge in [0.15, 0.2) is 6.29 Å². The Hall–Kier alpha value is 0.210. The van der Waals surface area contributed by atoms with Crippen molar-refractivity contribution >= 4 is 11.6 Å². The molecule has 1 aliphatic rings. The van der Waals surface area contributed by atoms with Gasteiger partial charge in [0.1, 0.15) is 0 Å². The molecule has 2 nitrogen and oxygen atoms in total. The maximum absolute atomic E-state index is 5.50. The Morgan fingerprint density at radius 3 is 2.89 bits per heavy atom. The van der Waals surface area contributed by atoms with Crippen LogP contribution in [0.4, 0.5) is 0 Å². The van der Waals surface area contributed by atoms with Crippen LogP contribution in [-0.2, 0) is 9.47 Å². The van der Waals surface area contributed by atoms with Crippen molar-refractivity contribution in [1.29, 1.82) is 0 Å². The zero-order valence-corrected chi connectivity index (χ0v) is 6.23. The Labute approximate surface area is 60.1 Å². The highest BCUT2D eigenvalue weighted by Gasteiger charge is 2.17. The minimum Gasteiger partial charge on any atom is -0.351 e. The molecular formula is C6H11ClO2. The smallest absolute Gasteiger partial charge is 0.171 e. The van der Waals surface area contributed by atoms with Crippen LogP contribution in [0.5, 0.6) is 0 Å². The molecule has 2 atom stereocenters. The molecule has 0 aromatic heterocycles. The zero-order chi connectivity index (χ0) is 6.69. The fraction of sp³-hybridized carbons (Fsp3) is 1.00. The molecule has 0 amide bonds. The first-order valence-electron chi connectivity index (χ1n) is 3.16. The summed E-state index contributed by atoms with van der Waals surface area (Å²) in [6.07, 6.45) is 1.12. The van der Waals surface area contributed by atoms with Gasteiger partial charge in [-0.25, -0.2) is 0 Å². The monoisotopic (exact) mass is 150 g/mol. The molecule has 1 aliphatic heterocycles. The predicted octanol–water partition coefficient (Wildman–Crippen LogP) is 1.38. The Balaban J connectivity index is 2.23. The van der Waals surface area contributed by atoms with E-state index in [2.05, 4.69) is 0 Å².